The number of carbonyl (C=O) groups is 1. The van der Waals surface area contributed by atoms with Gasteiger partial charge in [0.05, 0.1) is 5.56 Å². The van der Waals surface area contributed by atoms with E-state index in [0.29, 0.717) is 0 Å². The van der Waals surface area contributed by atoms with Crippen molar-refractivity contribution >= 4 is 21.9 Å². The average Bonchev–Trinajstić information content (AvgIpc) is 2.17. The van der Waals surface area contributed by atoms with Crippen LogP contribution in [0.25, 0.3) is 0 Å². The number of halogens is 4. The molecule has 8 heteroatoms. The monoisotopic (exact) mass is 309 g/mol. The Morgan fingerprint density at radius 3 is 2.47 bits per heavy atom. The molecule has 0 heterocycles. The third-order valence-electron chi connectivity index (χ3n) is 1.67. The predicted octanol–water partition coefficient (Wildman–Crippen LogP) is 2.92. The Kier molecular flexibility index (Phi) is 3.63. The van der Waals surface area contributed by atoms with Crippen LogP contribution in [-0.4, -0.2) is 17.4 Å². The smallest absolute Gasteiger partial charge is 0.478 e. The highest BCUT2D eigenvalue weighted by Crippen LogP contribution is 2.32. The quantitative estimate of drug-likeness (QED) is 0.912. The van der Waals surface area contributed by atoms with E-state index in [0.717, 1.165) is 12.1 Å². The summed E-state index contributed by atoms with van der Waals surface area (Å²) in [5, 5.41) is 17.5. The van der Waals surface area contributed by atoms with E-state index in [2.05, 4.69) is 20.7 Å². The Bertz CT molecular complexity index is 507. The lowest BCUT2D eigenvalue weighted by Crippen LogP contribution is -2.19. The molecule has 0 saturated carbocycles. The van der Waals surface area contributed by atoms with Crippen molar-refractivity contribution in [2.45, 2.75) is 6.36 Å². The van der Waals surface area contributed by atoms with Gasteiger partial charge < -0.3 is 9.84 Å². The first kappa shape index (κ1) is 13.3. The van der Waals surface area contributed by atoms with E-state index in [1.165, 1.54) is 6.07 Å². The summed E-state index contributed by atoms with van der Waals surface area (Å²) in [4.78, 5) is 10.8. The van der Waals surface area contributed by atoms with Gasteiger partial charge in [-0.2, -0.15) is 5.26 Å². The molecule has 0 amide bonds. The molecule has 0 saturated heterocycles. The molecule has 0 atom stereocenters. The highest BCUT2D eigenvalue weighted by molar-refractivity contribution is 9.10. The minimum atomic E-state index is -5.02. The lowest BCUT2D eigenvalue weighted by molar-refractivity contribution is -0.274. The van der Waals surface area contributed by atoms with Crippen LogP contribution in [-0.2, 0) is 0 Å². The minimum Gasteiger partial charge on any atom is -0.478 e. The average molecular weight is 310 g/mol. The Morgan fingerprint density at radius 2 is 2.06 bits per heavy atom. The summed E-state index contributed by atoms with van der Waals surface area (Å²) in [6.45, 7) is 0. The molecule has 0 aliphatic rings. The van der Waals surface area contributed by atoms with Crippen LogP contribution >= 0.6 is 15.9 Å². The van der Waals surface area contributed by atoms with Crippen LogP contribution in [0.3, 0.4) is 0 Å². The molecule has 1 aromatic rings. The van der Waals surface area contributed by atoms with Crippen LogP contribution in [0, 0.1) is 11.3 Å². The first-order chi connectivity index (χ1) is 7.76. The van der Waals surface area contributed by atoms with Gasteiger partial charge in [0, 0.05) is 4.47 Å². The number of hydrogen-bond acceptors (Lipinski definition) is 3. The Labute approximate surface area is 101 Å². The molecular weight excluding hydrogens is 307 g/mol. The van der Waals surface area contributed by atoms with Crippen molar-refractivity contribution in [2.24, 2.45) is 0 Å². The van der Waals surface area contributed by atoms with Gasteiger partial charge in [-0.25, -0.2) is 4.79 Å². The fraction of sp³-hybridized carbons (Fsp3) is 0.111. The zero-order valence-corrected chi connectivity index (χ0v) is 9.46. The van der Waals surface area contributed by atoms with Crippen molar-refractivity contribution in [3.05, 3.63) is 27.7 Å². The minimum absolute atomic E-state index is 0.0759. The van der Waals surface area contributed by atoms with Gasteiger partial charge in [-0.15, -0.1) is 13.2 Å². The van der Waals surface area contributed by atoms with Crippen molar-refractivity contribution in [3.63, 3.8) is 0 Å². The molecule has 90 valence electrons. The van der Waals surface area contributed by atoms with Gasteiger partial charge in [0.2, 0.25) is 0 Å². The summed E-state index contributed by atoms with van der Waals surface area (Å²) in [6.07, 6.45) is -5.02. The van der Waals surface area contributed by atoms with E-state index in [-0.39, 0.29) is 4.47 Å². The highest BCUT2D eigenvalue weighted by atomic mass is 79.9. The number of hydrogen-bond donors (Lipinski definition) is 1. The second-order valence-corrected chi connectivity index (χ2v) is 3.61. The summed E-state index contributed by atoms with van der Waals surface area (Å²) in [5.74, 6) is -2.60. The lowest BCUT2D eigenvalue weighted by Gasteiger charge is -2.12. The van der Waals surface area contributed by atoms with Gasteiger partial charge >= 0.3 is 12.3 Å². The Hall–Kier alpha value is -1.75. The third kappa shape index (κ3) is 3.10. The Balaban J connectivity index is 3.42. The summed E-state index contributed by atoms with van der Waals surface area (Å²) in [6, 6.07) is 3.42. The van der Waals surface area contributed by atoms with E-state index in [4.69, 9.17) is 10.4 Å². The number of carboxylic acid groups (broad SMARTS) is 1. The number of rotatable bonds is 2. The third-order valence-corrected chi connectivity index (χ3v) is 2.33. The fourth-order valence-electron chi connectivity index (χ4n) is 1.09. The van der Waals surface area contributed by atoms with Crippen LogP contribution < -0.4 is 4.74 Å². The topological polar surface area (TPSA) is 70.3 Å². The van der Waals surface area contributed by atoms with Crippen molar-refractivity contribution in [3.8, 4) is 11.8 Å². The molecule has 0 spiro atoms. The Morgan fingerprint density at radius 1 is 1.47 bits per heavy atom. The first-order valence-corrected chi connectivity index (χ1v) is 4.77. The maximum Gasteiger partial charge on any atom is 0.573 e. The molecule has 1 aromatic carbocycles. The maximum atomic E-state index is 12.0. The largest absolute Gasteiger partial charge is 0.573 e. The zero-order chi connectivity index (χ0) is 13.2. The maximum absolute atomic E-state index is 12.0. The molecule has 0 aliphatic carbocycles. The number of carboxylic acids is 1. The first-order valence-electron chi connectivity index (χ1n) is 3.98. The molecule has 17 heavy (non-hydrogen) atoms. The van der Waals surface area contributed by atoms with E-state index >= 15 is 0 Å². The van der Waals surface area contributed by atoms with Crippen LogP contribution in [0.4, 0.5) is 13.2 Å². The molecule has 0 fully saturated rings. The van der Waals surface area contributed by atoms with E-state index < -0.39 is 29.2 Å². The SMILES string of the molecule is N#Cc1c(Br)ccc(OC(F)(F)F)c1C(=O)O. The number of nitriles is 1. The van der Waals surface area contributed by atoms with Gasteiger partial charge in [-0.05, 0) is 28.1 Å². The predicted molar refractivity (Wildman–Crippen MR) is 52.5 cm³/mol. The second kappa shape index (κ2) is 4.63. The number of nitrogens with zero attached hydrogens (tertiary/aromatic N) is 1. The molecule has 0 unspecified atom stereocenters. The molecule has 0 bridgehead atoms. The van der Waals surface area contributed by atoms with Gasteiger partial charge in [-0.1, -0.05) is 0 Å². The summed E-state index contributed by atoms with van der Waals surface area (Å²) in [5.41, 5.74) is -1.27. The van der Waals surface area contributed by atoms with Gasteiger partial charge in [0.15, 0.2) is 0 Å². The molecule has 0 aliphatic heterocycles. The molecule has 0 radical (unpaired) electrons. The van der Waals surface area contributed by atoms with E-state index in [1.807, 2.05) is 0 Å². The molecular formula is C9H3BrF3NO3. The summed E-state index contributed by atoms with van der Waals surface area (Å²) < 4.78 is 39.6. The second-order valence-electron chi connectivity index (χ2n) is 2.76. The molecule has 0 aromatic heterocycles. The van der Waals surface area contributed by atoms with Crippen molar-refractivity contribution in [1.82, 2.24) is 0 Å². The molecule has 1 rings (SSSR count). The molecule has 4 nitrogen and oxygen atoms in total. The fourth-order valence-corrected chi connectivity index (χ4v) is 1.51. The van der Waals surface area contributed by atoms with Crippen LogP contribution in [0.2, 0.25) is 0 Å². The van der Waals surface area contributed by atoms with Crippen LogP contribution in [0.5, 0.6) is 5.75 Å². The van der Waals surface area contributed by atoms with Crippen molar-refractivity contribution in [1.29, 1.82) is 5.26 Å². The zero-order valence-electron chi connectivity index (χ0n) is 7.88. The normalized spacial score (nSPS) is 10.8. The van der Waals surface area contributed by atoms with E-state index in [9.17, 15) is 18.0 Å². The van der Waals surface area contributed by atoms with E-state index in [1.54, 1.807) is 0 Å². The molecule has 1 N–H and O–H groups in total. The number of benzene rings is 1. The highest BCUT2D eigenvalue weighted by Gasteiger charge is 2.34. The number of ether oxygens (including phenoxy) is 1. The van der Waals surface area contributed by atoms with Gasteiger partial charge in [-0.3, -0.25) is 0 Å². The van der Waals surface area contributed by atoms with Gasteiger partial charge in [0.1, 0.15) is 17.4 Å². The van der Waals surface area contributed by atoms with Crippen molar-refractivity contribution < 1.29 is 27.8 Å². The lowest BCUT2D eigenvalue weighted by atomic mass is 10.1. The summed E-state index contributed by atoms with van der Waals surface area (Å²) in [7, 11) is 0. The summed E-state index contributed by atoms with van der Waals surface area (Å²) >= 11 is 2.87. The van der Waals surface area contributed by atoms with Crippen molar-refractivity contribution in [2.75, 3.05) is 0 Å². The van der Waals surface area contributed by atoms with Crippen LogP contribution in [0.15, 0.2) is 16.6 Å². The van der Waals surface area contributed by atoms with Crippen LogP contribution in [0.1, 0.15) is 15.9 Å². The number of aromatic carboxylic acids is 1. The van der Waals surface area contributed by atoms with Gasteiger partial charge in [0.25, 0.3) is 0 Å². The number of alkyl halides is 3. The standard InChI is InChI=1S/C9H3BrF3NO3/c10-5-1-2-6(17-9(11,12)13)7(8(15)16)4(5)3-14/h1-2H,(H,15,16).